The van der Waals surface area contributed by atoms with Crippen molar-refractivity contribution in [2.45, 2.75) is 50.9 Å². The summed E-state index contributed by atoms with van der Waals surface area (Å²) in [5.74, 6) is -0.655. The number of aliphatic imine (C=N–C) groups is 2. The molecule has 5 N–H and O–H groups in total. The van der Waals surface area contributed by atoms with Gasteiger partial charge in [0.05, 0.1) is 39.7 Å². The Morgan fingerprint density at radius 1 is 1.34 bits per heavy atom. The van der Waals surface area contributed by atoms with E-state index in [9.17, 15) is 23.1 Å². The van der Waals surface area contributed by atoms with Crippen LogP contribution < -0.4 is 16.4 Å². The molecule has 204 valence electrons. The van der Waals surface area contributed by atoms with Gasteiger partial charge in [0.2, 0.25) is 17.8 Å². The fourth-order valence-corrected chi connectivity index (χ4v) is 4.79. The molecule has 1 amide bonds. The average Bonchev–Trinajstić information content (AvgIpc) is 3.17. The van der Waals surface area contributed by atoms with Crippen LogP contribution in [0, 0.1) is 24.2 Å². The van der Waals surface area contributed by atoms with Crippen molar-refractivity contribution >= 4 is 59.2 Å². The molecular weight excluding hydrogens is 548 g/mol. The molecule has 1 atom stereocenters. The lowest BCUT2D eigenvalue weighted by Gasteiger charge is -2.30. The standard InChI is InChI=1S/C23H25Cl2F3N8O2/c1-11-20(35-21(31-2)33-17(10-37)23(26,27)28)36(14-5-3-13(4-6-14)19(30)38)22(32-11)34-18-15(24)7-12(9-29)8-16(18)25/h7-8,13-14,17,37H,2-6,10H2,1H3,(H2,30,38)(H,32,34)(H,33,35)/t13?,14?,17-/m1/s1. The van der Waals surface area contributed by atoms with Crippen LogP contribution in [-0.4, -0.2) is 52.1 Å². The summed E-state index contributed by atoms with van der Waals surface area (Å²) >= 11 is 12.7. The summed E-state index contributed by atoms with van der Waals surface area (Å²) in [5.41, 5.74) is 6.36. The van der Waals surface area contributed by atoms with E-state index in [4.69, 9.17) is 34.2 Å². The molecular formula is C23H25Cl2F3N8O2. The number of imidazole rings is 1. The Hall–Kier alpha value is -3.34. The van der Waals surface area contributed by atoms with Crippen LogP contribution in [0.4, 0.5) is 30.6 Å². The van der Waals surface area contributed by atoms with Crippen LogP contribution >= 0.6 is 23.2 Å². The molecule has 0 aliphatic heterocycles. The topological polar surface area (TPSA) is 154 Å². The minimum atomic E-state index is -4.80. The second-order valence-electron chi connectivity index (χ2n) is 8.67. The third-order valence-electron chi connectivity index (χ3n) is 6.17. The maximum atomic E-state index is 13.2. The van der Waals surface area contributed by atoms with E-state index in [2.05, 4.69) is 32.3 Å². The number of amides is 1. The maximum Gasteiger partial charge on any atom is 0.413 e. The van der Waals surface area contributed by atoms with E-state index in [1.165, 1.54) is 12.1 Å². The summed E-state index contributed by atoms with van der Waals surface area (Å²) in [6, 6.07) is 2.14. The molecule has 1 aromatic carbocycles. The van der Waals surface area contributed by atoms with Gasteiger partial charge >= 0.3 is 6.18 Å². The number of alkyl halides is 3. The fraction of sp³-hybridized carbons (Fsp3) is 0.435. The van der Waals surface area contributed by atoms with Crippen molar-refractivity contribution in [1.82, 2.24) is 9.55 Å². The second kappa shape index (κ2) is 12.0. The molecule has 0 radical (unpaired) electrons. The number of nitrogens with two attached hydrogens (primary N) is 1. The first-order chi connectivity index (χ1) is 17.9. The van der Waals surface area contributed by atoms with Gasteiger partial charge < -0.3 is 21.5 Å². The molecule has 0 unspecified atom stereocenters. The highest BCUT2D eigenvalue weighted by molar-refractivity contribution is 6.39. The number of primary amides is 1. The Balaban J connectivity index is 2.07. The number of nitrogens with one attached hydrogen (secondary N) is 2. The van der Waals surface area contributed by atoms with Crippen molar-refractivity contribution in [2.24, 2.45) is 21.6 Å². The molecule has 1 saturated carbocycles. The minimum absolute atomic E-state index is 0.152. The summed E-state index contributed by atoms with van der Waals surface area (Å²) < 4.78 is 41.4. The van der Waals surface area contributed by atoms with Crippen molar-refractivity contribution in [1.29, 1.82) is 5.26 Å². The van der Waals surface area contributed by atoms with E-state index in [1.54, 1.807) is 11.5 Å². The monoisotopic (exact) mass is 572 g/mol. The van der Waals surface area contributed by atoms with Gasteiger partial charge in [0.25, 0.3) is 0 Å². The second-order valence-corrected chi connectivity index (χ2v) is 9.49. The van der Waals surface area contributed by atoms with Crippen molar-refractivity contribution in [3.05, 3.63) is 33.4 Å². The number of aliphatic hydroxyl groups excluding tert-OH is 1. The zero-order chi connectivity index (χ0) is 28.2. The van der Waals surface area contributed by atoms with E-state index in [0.717, 1.165) is 0 Å². The number of benzene rings is 1. The summed E-state index contributed by atoms with van der Waals surface area (Å²) in [6.45, 7) is 3.64. The molecule has 38 heavy (non-hydrogen) atoms. The van der Waals surface area contributed by atoms with Gasteiger partial charge in [-0.15, -0.1) is 0 Å². The number of aromatic nitrogens is 2. The first-order valence-corrected chi connectivity index (χ1v) is 12.2. The van der Waals surface area contributed by atoms with Gasteiger partial charge in [-0.05, 0) is 51.5 Å². The van der Waals surface area contributed by atoms with Crippen LogP contribution in [0.25, 0.3) is 0 Å². The number of guanidine groups is 1. The molecule has 3 rings (SSSR count). The van der Waals surface area contributed by atoms with Crippen LogP contribution in [0.15, 0.2) is 22.1 Å². The number of nitriles is 1. The van der Waals surface area contributed by atoms with Crippen molar-refractivity contribution in [3.63, 3.8) is 0 Å². The molecule has 1 heterocycles. The van der Waals surface area contributed by atoms with E-state index < -0.39 is 30.7 Å². The predicted octanol–water partition coefficient (Wildman–Crippen LogP) is 4.72. The van der Waals surface area contributed by atoms with Gasteiger partial charge in [0, 0.05) is 12.0 Å². The average molecular weight is 573 g/mol. The van der Waals surface area contributed by atoms with E-state index in [-0.39, 0.29) is 45.0 Å². The van der Waals surface area contributed by atoms with Crippen molar-refractivity contribution < 1.29 is 23.1 Å². The highest BCUT2D eigenvalue weighted by Gasteiger charge is 2.39. The van der Waals surface area contributed by atoms with Gasteiger partial charge in [-0.25, -0.2) is 15.0 Å². The lowest BCUT2D eigenvalue weighted by atomic mass is 9.85. The largest absolute Gasteiger partial charge is 0.413 e. The van der Waals surface area contributed by atoms with Crippen molar-refractivity contribution in [3.8, 4) is 6.07 Å². The van der Waals surface area contributed by atoms with E-state index in [1.807, 2.05) is 6.07 Å². The van der Waals surface area contributed by atoms with Gasteiger partial charge in [-0.2, -0.15) is 18.4 Å². The Bertz CT molecular complexity index is 1260. The Morgan fingerprint density at radius 3 is 2.42 bits per heavy atom. The van der Waals surface area contributed by atoms with Gasteiger partial charge in [-0.3, -0.25) is 9.36 Å². The number of hydrogen-bond acceptors (Lipinski definition) is 6. The number of aryl methyl sites for hydroxylation is 1. The Morgan fingerprint density at radius 2 is 1.95 bits per heavy atom. The Labute approximate surface area is 226 Å². The number of carbonyl (C=O) groups is 1. The summed E-state index contributed by atoms with van der Waals surface area (Å²) in [6.07, 6.45) is -2.79. The third-order valence-corrected chi connectivity index (χ3v) is 6.76. The number of rotatable bonds is 7. The normalized spacial score (nSPS) is 18.9. The maximum absolute atomic E-state index is 13.2. The summed E-state index contributed by atoms with van der Waals surface area (Å²) in [5, 5.41) is 24.5. The molecule has 1 aromatic heterocycles. The van der Waals surface area contributed by atoms with Gasteiger partial charge in [-0.1, -0.05) is 23.2 Å². The number of nitrogens with zero attached hydrogens (tertiary/aromatic N) is 5. The molecule has 1 fully saturated rings. The highest BCUT2D eigenvalue weighted by Crippen LogP contribution is 2.40. The number of halogens is 5. The molecule has 0 spiro atoms. The first kappa shape index (κ1) is 29.2. The molecule has 1 aliphatic carbocycles. The number of hydrogen-bond donors (Lipinski definition) is 4. The SMILES string of the molecule is C=NC(=N[C@H](CO)C(F)(F)F)Nc1c(C)nc(Nc2c(Cl)cc(C#N)cc2Cl)n1C1CCC(C(N)=O)CC1. The number of carbonyl (C=O) groups excluding carboxylic acids is 1. The molecule has 0 bridgehead atoms. The Kier molecular flexibility index (Phi) is 9.24. The zero-order valence-electron chi connectivity index (χ0n) is 20.2. The highest BCUT2D eigenvalue weighted by atomic mass is 35.5. The molecule has 0 saturated heterocycles. The van der Waals surface area contributed by atoms with Crippen LogP contribution in [0.2, 0.25) is 10.0 Å². The van der Waals surface area contributed by atoms with Crippen LogP contribution in [0.1, 0.15) is 43.0 Å². The fourth-order valence-electron chi connectivity index (χ4n) is 4.21. The minimum Gasteiger partial charge on any atom is -0.394 e. The molecule has 2 aromatic rings. The molecule has 1 aliphatic rings. The van der Waals surface area contributed by atoms with Gasteiger partial charge in [0.1, 0.15) is 5.82 Å². The quantitative estimate of drug-likeness (QED) is 0.278. The van der Waals surface area contributed by atoms with Crippen LogP contribution in [0.5, 0.6) is 0 Å². The third kappa shape index (κ3) is 6.56. The van der Waals surface area contributed by atoms with Crippen molar-refractivity contribution in [2.75, 3.05) is 17.2 Å². The van der Waals surface area contributed by atoms with Crippen LogP contribution in [-0.2, 0) is 4.79 Å². The smallest absolute Gasteiger partial charge is 0.394 e. The number of aliphatic hydroxyl groups is 1. The molecule has 15 heteroatoms. The van der Waals surface area contributed by atoms with Crippen LogP contribution in [0.3, 0.4) is 0 Å². The molecule has 10 nitrogen and oxygen atoms in total. The summed E-state index contributed by atoms with van der Waals surface area (Å²) in [4.78, 5) is 23.3. The predicted molar refractivity (Wildman–Crippen MR) is 139 cm³/mol. The lowest BCUT2D eigenvalue weighted by molar-refractivity contribution is -0.154. The first-order valence-electron chi connectivity index (χ1n) is 11.4. The van der Waals surface area contributed by atoms with E-state index >= 15 is 0 Å². The van der Waals surface area contributed by atoms with Gasteiger partial charge in [0.15, 0.2) is 6.04 Å². The number of anilines is 3. The summed E-state index contributed by atoms with van der Waals surface area (Å²) in [7, 11) is 0. The zero-order valence-corrected chi connectivity index (χ0v) is 21.7. The van der Waals surface area contributed by atoms with E-state index in [0.29, 0.717) is 31.4 Å². The lowest BCUT2D eigenvalue weighted by Crippen LogP contribution is -2.33.